The fourth-order valence-electron chi connectivity index (χ4n) is 4.96. The van der Waals surface area contributed by atoms with Crippen molar-refractivity contribution in [3.63, 3.8) is 0 Å². The Hall–Kier alpha value is -4.45. The molecule has 1 amide bonds. The molecule has 0 spiro atoms. The highest BCUT2D eigenvalue weighted by Crippen LogP contribution is 2.33. The van der Waals surface area contributed by atoms with Crippen LogP contribution in [-0.2, 0) is 14.3 Å². The first-order valence-electron chi connectivity index (χ1n) is 13.0. The minimum absolute atomic E-state index is 0.239. The lowest BCUT2D eigenvalue weighted by molar-refractivity contribution is -0.163. The van der Waals surface area contributed by atoms with Crippen LogP contribution in [0.1, 0.15) is 24.1 Å². The molecule has 5 rings (SSSR count). The van der Waals surface area contributed by atoms with Crippen molar-refractivity contribution >= 4 is 46.0 Å². The molecule has 3 aromatic heterocycles. The summed E-state index contributed by atoms with van der Waals surface area (Å²) in [5.41, 5.74) is 3.36. The van der Waals surface area contributed by atoms with E-state index in [-0.39, 0.29) is 17.8 Å². The second kappa shape index (κ2) is 11.3. The quantitative estimate of drug-likeness (QED) is 0.331. The summed E-state index contributed by atoms with van der Waals surface area (Å²) < 4.78 is 19.6. The van der Waals surface area contributed by atoms with Gasteiger partial charge in [0.25, 0.3) is 12.4 Å². The number of amides is 1. The van der Waals surface area contributed by atoms with E-state index in [2.05, 4.69) is 25.2 Å². The standard InChI is InChI=1S/C28H31FN8O3/c1-17-21(29)8-7-19-14-20(18(2)33-25-24-22(31-15-32-25)6-5-9-30-24)26(34-23(17)19)36-10-12-37(13-11-36)28(40-16-38)27(39)35(3)4/h5-9,14-16,18,28H,10-13H2,1-4H3,(H,31,32,33)/t18-,28?/m0/s1. The molecule has 1 aromatic carbocycles. The lowest BCUT2D eigenvalue weighted by Gasteiger charge is -2.39. The van der Waals surface area contributed by atoms with Crippen LogP contribution in [-0.4, -0.2) is 88.6 Å². The molecule has 12 heteroatoms. The van der Waals surface area contributed by atoms with Crippen molar-refractivity contribution in [3.8, 4) is 0 Å². The molecule has 40 heavy (non-hydrogen) atoms. The van der Waals surface area contributed by atoms with E-state index in [1.165, 1.54) is 17.3 Å². The summed E-state index contributed by atoms with van der Waals surface area (Å²) in [6, 6.07) is 8.68. The van der Waals surface area contributed by atoms with Gasteiger partial charge in [-0.3, -0.25) is 19.5 Å². The van der Waals surface area contributed by atoms with E-state index in [4.69, 9.17) is 9.72 Å². The van der Waals surface area contributed by atoms with Crippen LogP contribution in [0, 0.1) is 12.7 Å². The normalized spacial score (nSPS) is 15.6. The number of aryl methyl sites for hydroxylation is 1. The van der Waals surface area contributed by atoms with Crippen molar-refractivity contribution in [2.45, 2.75) is 26.1 Å². The second-order valence-electron chi connectivity index (χ2n) is 9.95. The number of pyridine rings is 2. The summed E-state index contributed by atoms with van der Waals surface area (Å²) in [6.07, 6.45) is 2.20. The Morgan fingerprint density at radius 1 is 1.12 bits per heavy atom. The summed E-state index contributed by atoms with van der Waals surface area (Å²) >= 11 is 0. The summed E-state index contributed by atoms with van der Waals surface area (Å²) in [7, 11) is 3.24. The zero-order chi connectivity index (χ0) is 28.4. The highest BCUT2D eigenvalue weighted by atomic mass is 19.1. The zero-order valence-corrected chi connectivity index (χ0v) is 22.8. The maximum absolute atomic E-state index is 14.5. The molecule has 11 nitrogen and oxygen atoms in total. The number of piperazine rings is 1. The van der Waals surface area contributed by atoms with Crippen molar-refractivity contribution in [1.82, 2.24) is 29.7 Å². The predicted octanol–water partition coefficient (Wildman–Crippen LogP) is 2.90. The third-order valence-electron chi connectivity index (χ3n) is 7.18. The Labute approximate surface area is 231 Å². The number of anilines is 2. The molecule has 1 saturated heterocycles. The SMILES string of the molecule is Cc1c(F)ccc2cc([C@H](C)Nc3ncnc4cccnc34)c(N3CCN(C(OC=O)C(=O)N(C)C)CC3)nc12. The van der Waals surface area contributed by atoms with Crippen LogP contribution < -0.4 is 10.2 Å². The number of likely N-dealkylation sites (N-methyl/N-ethyl adjacent to an activating group) is 1. The van der Waals surface area contributed by atoms with Gasteiger partial charge in [-0.15, -0.1) is 0 Å². The van der Waals surface area contributed by atoms with Gasteiger partial charge in [-0.2, -0.15) is 0 Å². The van der Waals surface area contributed by atoms with E-state index in [0.717, 1.165) is 16.5 Å². The van der Waals surface area contributed by atoms with Crippen molar-refractivity contribution in [1.29, 1.82) is 0 Å². The number of halogens is 1. The van der Waals surface area contributed by atoms with Crippen LogP contribution in [0.4, 0.5) is 16.0 Å². The summed E-state index contributed by atoms with van der Waals surface area (Å²) in [6.45, 7) is 6.00. The van der Waals surface area contributed by atoms with Gasteiger partial charge < -0.3 is 19.9 Å². The van der Waals surface area contributed by atoms with Gasteiger partial charge in [-0.25, -0.2) is 19.3 Å². The molecule has 1 aliphatic rings. The van der Waals surface area contributed by atoms with Gasteiger partial charge in [0.1, 0.15) is 23.5 Å². The number of hydrogen-bond acceptors (Lipinski definition) is 10. The molecule has 0 radical (unpaired) electrons. The topological polar surface area (TPSA) is 117 Å². The van der Waals surface area contributed by atoms with Crippen LogP contribution >= 0.6 is 0 Å². The number of carbonyl (C=O) groups is 2. The van der Waals surface area contributed by atoms with Crippen molar-refractivity contribution in [3.05, 3.63) is 59.8 Å². The number of nitrogens with one attached hydrogen (secondary N) is 1. The largest absolute Gasteiger partial charge is 0.439 e. The van der Waals surface area contributed by atoms with E-state index < -0.39 is 6.23 Å². The van der Waals surface area contributed by atoms with Crippen LogP contribution in [0.2, 0.25) is 0 Å². The lowest BCUT2D eigenvalue weighted by atomic mass is 10.0. The average molecular weight is 547 g/mol. The third-order valence-corrected chi connectivity index (χ3v) is 7.18. The van der Waals surface area contributed by atoms with Gasteiger partial charge in [0, 0.05) is 63.0 Å². The molecule has 0 aliphatic carbocycles. The number of ether oxygens (including phenoxy) is 1. The summed E-state index contributed by atoms with van der Waals surface area (Å²) in [5.74, 6) is 0.684. The Morgan fingerprint density at radius 2 is 1.90 bits per heavy atom. The number of carbonyl (C=O) groups excluding carboxylic acids is 2. The molecule has 4 aromatic rings. The smallest absolute Gasteiger partial charge is 0.295 e. The highest BCUT2D eigenvalue weighted by Gasteiger charge is 2.33. The first kappa shape index (κ1) is 27.1. The molecule has 0 saturated carbocycles. The van der Waals surface area contributed by atoms with E-state index in [1.54, 1.807) is 33.3 Å². The zero-order valence-electron chi connectivity index (χ0n) is 22.8. The molecule has 1 N–H and O–H groups in total. The first-order valence-corrected chi connectivity index (χ1v) is 13.0. The maximum Gasteiger partial charge on any atom is 0.295 e. The van der Waals surface area contributed by atoms with Crippen LogP contribution in [0.25, 0.3) is 21.9 Å². The third kappa shape index (κ3) is 5.22. The Kier molecular flexibility index (Phi) is 7.69. The number of fused-ring (bicyclic) bond motifs is 2. The van der Waals surface area contributed by atoms with Gasteiger partial charge in [-0.05, 0) is 44.2 Å². The van der Waals surface area contributed by atoms with Crippen LogP contribution in [0.3, 0.4) is 0 Å². The van der Waals surface area contributed by atoms with Gasteiger partial charge in [-0.1, -0.05) is 0 Å². The minimum atomic E-state index is -0.992. The Bertz CT molecular complexity index is 1550. The lowest BCUT2D eigenvalue weighted by Crippen LogP contribution is -2.56. The monoisotopic (exact) mass is 546 g/mol. The molecule has 4 heterocycles. The molecule has 208 valence electrons. The summed E-state index contributed by atoms with van der Waals surface area (Å²) in [4.78, 5) is 47.2. The Balaban J connectivity index is 1.49. The molecule has 2 atom stereocenters. The first-order chi connectivity index (χ1) is 19.3. The minimum Gasteiger partial charge on any atom is -0.439 e. The van der Waals surface area contributed by atoms with Crippen LogP contribution in [0.5, 0.6) is 0 Å². The van der Waals surface area contributed by atoms with Gasteiger partial charge in [0.05, 0.1) is 17.1 Å². The summed E-state index contributed by atoms with van der Waals surface area (Å²) in [5, 5.41) is 4.29. The van der Waals surface area contributed by atoms with E-state index in [9.17, 15) is 14.0 Å². The van der Waals surface area contributed by atoms with Gasteiger partial charge in [0.2, 0.25) is 6.23 Å². The number of hydrogen-bond donors (Lipinski definition) is 1. The molecule has 1 aliphatic heterocycles. The van der Waals surface area contributed by atoms with Crippen molar-refractivity contribution in [2.75, 3.05) is 50.5 Å². The number of aromatic nitrogens is 4. The van der Waals surface area contributed by atoms with Crippen molar-refractivity contribution < 1.29 is 18.7 Å². The van der Waals surface area contributed by atoms with Gasteiger partial charge >= 0.3 is 0 Å². The number of rotatable bonds is 8. The Morgan fingerprint density at radius 3 is 2.62 bits per heavy atom. The fourth-order valence-corrected chi connectivity index (χ4v) is 4.96. The van der Waals surface area contributed by atoms with Crippen LogP contribution in [0.15, 0.2) is 42.9 Å². The molecule has 0 bridgehead atoms. The van der Waals surface area contributed by atoms with E-state index in [1.807, 2.05) is 30.0 Å². The number of benzene rings is 1. The fraction of sp³-hybridized carbons (Fsp3) is 0.357. The second-order valence-corrected chi connectivity index (χ2v) is 9.95. The maximum atomic E-state index is 14.5. The molecular formula is C28H31FN8O3. The predicted molar refractivity (Wildman–Crippen MR) is 149 cm³/mol. The van der Waals surface area contributed by atoms with E-state index in [0.29, 0.717) is 60.9 Å². The molecule has 1 fully saturated rings. The van der Waals surface area contributed by atoms with Gasteiger partial charge in [0.15, 0.2) is 5.82 Å². The van der Waals surface area contributed by atoms with Crippen molar-refractivity contribution in [2.24, 2.45) is 0 Å². The average Bonchev–Trinajstić information content (AvgIpc) is 2.97. The van der Waals surface area contributed by atoms with E-state index >= 15 is 0 Å². The highest BCUT2D eigenvalue weighted by molar-refractivity contribution is 5.87. The number of nitrogens with zero attached hydrogens (tertiary/aromatic N) is 7. The molecule has 1 unspecified atom stereocenters. The molecular weight excluding hydrogens is 515 g/mol.